The van der Waals surface area contributed by atoms with Gasteiger partial charge in [-0.2, -0.15) is 18.4 Å². The topological polar surface area (TPSA) is 131 Å². The third kappa shape index (κ3) is 5.10. The molecule has 0 aromatic heterocycles. The van der Waals surface area contributed by atoms with Crippen LogP contribution in [0.15, 0.2) is 12.2 Å². The second-order valence-electron chi connectivity index (χ2n) is 13.3. The van der Waals surface area contributed by atoms with Crippen LogP contribution in [0.2, 0.25) is 0 Å². The van der Waals surface area contributed by atoms with Gasteiger partial charge < -0.3 is 20.9 Å². The highest BCUT2D eigenvalue weighted by atomic mass is 19.4. The van der Waals surface area contributed by atoms with Crippen molar-refractivity contribution in [2.75, 3.05) is 6.54 Å². The van der Waals surface area contributed by atoms with Gasteiger partial charge in [-0.25, -0.2) is 0 Å². The monoisotopic (exact) mass is 575 g/mol. The number of fused-ring (bicyclic) bond motifs is 2. The van der Waals surface area contributed by atoms with Crippen molar-refractivity contribution < 1.29 is 32.3 Å². The molecule has 0 aromatic rings. The molecule has 0 unspecified atom stereocenters. The lowest BCUT2D eigenvalue weighted by molar-refractivity contribution is -0.180. The lowest BCUT2D eigenvalue weighted by atomic mass is 9.47. The fraction of sp³-hybridized carbons (Fsp3) is 0.759. The molecule has 41 heavy (non-hydrogen) atoms. The number of nitrogens with zero attached hydrogens (tertiary/aromatic N) is 2. The van der Waals surface area contributed by atoms with Crippen LogP contribution in [0.1, 0.15) is 64.2 Å². The fourth-order valence-electron chi connectivity index (χ4n) is 9.28. The quantitative estimate of drug-likeness (QED) is 0.401. The first-order valence-corrected chi connectivity index (χ1v) is 14.8. The molecule has 2 saturated heterocycles. The van der Waals surface area contributed by atoms with E-state index in [-0.39, 0.29) is 18.2 Å². The van der Waals surface area contributed by atoms with Crippen LogP contribution in [0.25, 0.3) is 0 Å². The summed E-state index contributed by atoms with van der Waals surface area (Å²) in [6.07, 6.45) is 5.17. The van der Waals surface area contributed by atoms with Crippen molar-refractivity contribution in [2.24, 2.45) is 35.0 Å². The average molecular weight is 576 g/mol. The molecule has 0 aromatic carbocycles. The van der Waals surface area contributed by atoms with Crippen LogP contribution in [0, 0.1) is 46.3 Å². The van der Waals surface area contributed by atoms with Crippen LogP contribution in [0.5, 0.6) is 0 Å². The number of piperidine rings is 1. The molecule has 3 N–H and O–H groups in total. The number of alkyl halides is 3. The van der Waals surface area contributed by atoms with Gasteiger partial charge in [0.05, 0.1) is 12.1 Å². The largest absolute Gasteiger partial charge is 0.471 e. The molecule has 4 saturated carbocycles. The van der Waals surface area contributed by atoms with Gasteiger partial charge in [0.2, 0.25) is 17.7 Å². The number of carbonyl (C=O) groups is 4. The van der Waals surface area contributed by atoms with E-state index in [1.165, 1.54) is 4.90 Å². The maximum absolute atomic E-state index is 14.5. The van der Waals surface area contributed by atoms with E-state index in [0.29, 0.717) is 62.8 Å². The van der Waals surface area contributed by atoms with Crippen molar-refractivity contribution in [3.05, 3.63) is 12.2 Å². The van der Waals surface area contributed by atoms with Gasteiger partial charge in [-0.1, -0.05) is 12.2 Å². The van der Waals surface area contributed by atoms with Crippen molar-refractivity contribution in [3.63, 3.8) is 0 Å². The molecule has 9 nitrogen and oxygen atoms in total. The van der Waals surface area contributed by atoms with Crippen molar-refractivity contribution in [1.82, 2.24) is 20.9 Å². The summed E-state index contributed by atoms with van der Waals surface area (Å²) in [5.74, 6) is -3.33. The summed E-state index contributed by atoms with van der Waals surface area (Å²) in [6, 6.07) is -1.81. The van der Waals surface area contributed by atoms with Crippen molar-refractivity contribution in [3.8, 4) is 6.07 Å². The number of hydrogen-bond acceptors (Lipinski definition) is 5. The molecule has 8 aliphatic rings. The number of carbonyl (C=O) groups excluding carboxylic acids is 4. The molecule has 0 radical (unpaired) electrons. The van der Waals surface area contributed by atoms with Gasteiger partial charge in [-0.05, 0) is 82.0 Å². The molecular formula is C29H36F3N5O4. The fourth-order valence-corrected chi connectivity index (χ4v) is 9.28. The van der Waals surface area contributed by atoms with E-state index < -0.39 is 59.4 Å². The number of rotatable bonds is 7. The molecule has 3 aliphatic heterocycles. The van der Waals surface area contributed by atoms with Crippen LogP contribution in [-0.4, -0.2) is 65.4 Å². The highest BCUT2D eigenvalue weighted by Crippen LogP contribution is 2.61. The first kappa shape index (κ1) is 28.0. The molecule has 6 fully saturated rings. The molecule has 222 valence electrons. The van der Waals surface area contributed by atoms with Gasteiger partial charge in [-0.3, -0.25) is 19.2 Å². The third-order valence-corrected chi connectivity index (χ3v) is 10.6. The summed E-state index contributed by atoms with van der Waals surface area (Å²) in [6.45, 7) is 0.504. The number of nitrogens with one attached hydrogen (secondary N) is 3. The minimum Gasteiger partial charge on any atom is -0.356 e. The smallest absolute Gasteiger partial charge is 0.356 e. The first-order chi connectivity index (χ1) is 19.5. The molecule has 6 atom stereocenters. The number of halogens is 3. The van der Waals surface area contributed by atoms with E-state index >= 15 is 0 Å². The molecule has 5 aliphatic carbocycles. The Morgan fingerprint density at radius 2 is 1.71 bits per heavy atom. The summed E-state index contributed by atoms with van der Waals surface area (Å²) >= 11 is 0. The van der Waals surface area contributed by atoms with E-state index in [4.69, 9.17) is 0 Å². The van der Waals surface area contributed by atoms with E-state index in [9.17, 15) is 37.6 Å². The Balaban J connectivity index is 1.28. The Hall–Kier alpha value is -3.10. The molecular weight excluding hydrogens is 539 g/mol. The van der Waals surface area contributed by atoms with E-state index in [0.717, 1.165) is 19.3 Å². The van der Waals surface area contributed by atoms with Gasteiger partial charge in [0.15, 0.2) is 0 Å². The van der Waals surface area contributed by atoms with Crippen LogP contribution in [0.4, 0.5) is 13.2 Å². The zero-order valence-electron chi connectivity index (χ0n) is 22.8. The van der Waals surface area contributed by atoms with Crippen molar-refractivity contribution >= 4 is 23.6 Å². The van der Waals surface area contributed by atoms with Crippen LogP contribution < -0.4 is 16.0 Å². The zero-order valence-corrected chi connectivity index (χ0v) is 22.8. The number of amides is 4. The third-order valence-electron chi connectivity index (χ3n) is 10.6. The van der Waals surface area contributed by atoms with Gasteiger partial charge in [0.1, 0.15) is 18.1 Å². The molecule has 0 spiro atoms. The summed E-state index contributed by atoms with van der Waals surface area (Å²) in [7, 11) is 0. The van der Waals surface area contributed by atoms with Crippen LogP contribution in [0.3, 0.4) is 0 Å². The Kier molecular flexibility index (Phi) is 7.05. The highest BCUT2D eigenvalue weighted by Gasteiger charge is 2.59. The molecule has 6 bridgehead atoms. The van der Waals surface area contributed by atoms with Crippen molar-refractivity contribution in [1.29, 1.82) is 5.26 Å². The predicted molar refractivity (Wildman–Crippen MR) is 138 cm³/mol. The minimum absolute atomic E-state index is 0.135. The Bertz CT molecular complexity index is 1160. The average Bonchev–Trinajstić information content (AvgIpc) is 3.33. The summed E-state index contributed by atoms with van der Waals surface area (Å²) in [5, 5.41) is 17.3. The number of nitriles is 1. The molecule has 3 heterocycles. The van der Waals surface area contributed by atoms with Gasteiger partial charge in [0, 0.05) is 23.8 Å². The number of hydrogen-bond donors (Lipinski definition) is 3. The summed E-state index contributed by atoms with van der Waals surface area (Å²) in [4.78, 5) is 54.0. The molecule has 8 rings (SSSR count). The first-order valence-electron chi connectivity index (χ1n) is 14.8. The van der Waals surface area contributed by atoms with Gasteiger partial charge >= 0.3 is 12.1 Å². The van der Waals surface area contributed by atoms with Gasteiger partial charge in [0.25, 0.3) is 0 Å². The Morgan fingerprint density at radius 1 is 1.05 bits per heavy atom. The van der Waals surface area contributed by atoms with Crippen LogP contribution >= 0.6 is 0 Å². The Labute approximate surface area is 236 Å². The lowest BCUT2D eigenvalue weighted by Crippen LogP contribution is -2.69. The normalized spacial score (nSPS) is 38.2. The standard InChI is InChI=1S/C29H36F3N5O4/c30-29(31,32)27(41)36-23(28-11-15-7-16(12-28)9-17(8-15)13-28)26(40)37-21-3-1-18(2-4-21)22(37)25(39)35-20(14-33)10-19-5-6-34-24(19)38/h1,3,15-23H,2,4-13H2,(H,34,38)(H,35,39)(H,36,41)/t15?,16?,17?,18-,19-,20-,21+,22-,23+,28?/m0/s1. The maximum Gasteiger partial charge on any atom is 0.471 e. The molecule has 4 amide bonds. The SMILES string of the molecule is N#C[C@H](C[C@@H]1CCNC1=O)NC(=O)[C@@H]1[C@H]2C=C[C@H](CC2)N1C(=O)[C@@H](NC(=O)C(F)(F)F)C12CC3CC(CC(C3)C1)C2. The van der Waals surface area contributed by atoms with Gasteiger partial charge in [-0.15, -0.1) is 0 Å². The molecule has 12 heteroatoms. The summed E-state index contributed by atoms with van der Waals surface area (Å²) < 4.78 is 40.6. The Morgan fingerprint density at radius 3 is 2.22 bits per heavy atom. The maximum atomic E-state index is 14.5. The van der Waals surface area contributed by atoms with E-state index in [1.807, 2.05) is 18.2 Å². The predicted octanol–water partition coefficient (Wildman–Crippen LogP) is 2.33. The van der Waals surface area contributed by atoms with E-state index in [2.05, 4.69) is 16.0 Å². The second-order valence-corrected chi connectivity index (χ2v) is 13.3. The van der Waals surface area contributed by atoms with E-state index in [1.54, 1.807) is 0 Å². The van der Waals surface area contributed by atoms with Crippen LogP contribution in [-0.2, 0) is 19.2 Å². The summed E-state index contributed by atoms with van der Waals surface area (Å²) in [5.41, 5.74) is -0.779. The lowest BCUT2D eigenvalue weighted by Gasteiger charge is -2.60. The van der Waals surface area contributed by atoms with Crippen molar-refractivity contribution in [2.45, 2.75) is 94.6 Å². The highest BCUT2D eigenvalue weighted by molar-refractivity contribution is 5.95. The minimum atomic E-state index is -5.15. The zero-order chi connectivity index (χ0) is 29.1. The second kappa shape index (κ2) is 10.3.